The van der Waals surface area contributed by atoms with Crippen LogP contribution in [-0.4, -0.2) is 35.6 Å². The molecule has 1 aromatic heterocycles. The van der Waals surface area contributed by atoms with Crippen molar-refractivity contribution in [1.82, 2.24) is 15.2 Å². The van der Waals surface area contributed by atoms with Gasteiger partial charge in [-0.15, -0.1) is 0 Å². The number of nitrogens with zero attached hydrogens (tertiary/aromatic N) is 2. The molecule has 1 fully saturated rings. The zero-order valence-electron chi connectivity index (χ0n) is 9.32. The average molecular weight is 205 g/mol. The number of nitrogens with one attached hydrogen (secondary N) is 1. The maximum atomic E-state index is 4.38. The normalized spacial score (nSPS) is 23.7. The monoisotopic (exact) mass is 205 g/mol. The number of rotatable bonds is 2. The minimum Gasteiger partial charge on any atom is -0.315 e. The van der Waals surface area contributed by atoms with Gasteiger partial charge in [0.25, 0.3) is 0 Å². The standard InChI is InChI=1S/C12H19N3/c1-11-5-7-13-8-9-15(11)10-12-4-2-3-6-14-12/h2-4,6,11,13H,5,7-10H2,1H3. The first-order chi connectivity index (χ1) is 7.36. The van der Waals surface area contributed by atoms with Crippen LogP contribution in [-0.2, 0) is 6.54 Å². The van der Waals surface area contributed by atoms with Crippen molar-refractivity contribution in [3.05, 3.63) is 30.1 Å². The summed E-state index contributed by atoms with van der Waals surface area (Å²) in [6.07, 6.45) is 3.10. The third kappa shape index (κ3) is 3.01. The molecule has 2 heterocycles. The molecular weight excluding hydrogens is 186 g/mol. The van der Waals surface area contributed by atoms with Crippen molar-refractivity contribution in [2.24, 2.45) is 0 Å². The minimum atomic E-state index is 0.655. The highest BCUT2D eigenvalue weighted by molar-refractivity contribution is 5.03. The molecular formula is C12H19N3. The Morgan fingerprint density at radius 3 is 3.20 bits per heavy atom. The van der Waals surface area contributed by atoms with Crippen LogP contribution < -0.4 is 5.32 Å². The van der Waals surface area contributed by atoms with Crippen molar-refractivity contribution in [3.63, 3.8) is 0 Å². The summed E-state index contributed by atoms with van der Waals surface area (Å²) >= 11 is 0. The third-order valence-electron chi connectivity index (χ3n) is 3.03. The highest BCUT2D eigenvalue weighted by Gasteiger charge is 2.16. The van der Waals surface area contributed by atoms with Crippen molar-refractivity contribution in [3.8, 4) is 0 Å². The van der Waals surface area contributed by atoms with Gasteiger partial charge in [0.1, 0.15) is 0 Å². The summed E-state index contributed by atoms with van der Waals surface area (Å²) in [5, 5.41) is 3.43. The van der Waals surface area contributed by atoms with Crippen molar-refractivity contribution >= 4 is 0 Å². The molecule has 1 aliphatic heterocycles. The van der Waals surface area contributed by atoms with E-state index in [-0.39, 0.29) is 0 Å². The highest BCUT2D eigenvalue weighted by atomic mass is 15.2. The molecule has 0 aromatic carbocycles. The topological polar surface area (TPSA) is 28.2 Å². The van der Waals surface area contributed by atoms with Crippen LogP contribution in [0.2, 0.25) is 0 Å². The summed E-state index contributed by atoms with van der Waals surface area (Å²) in [5.41, 5.74) is 1.17. The molecule has 3 heteroatoms. The molecule has 1 N–H and O–H groups in total. The summed E-state index contributed by atoms with van der Waals surface area (Å²) in [6.45, 7) is 6.63. The number of aromatic nitrogens is 1. The first kappa shape index (κ1) is 10.6. The van der Waals surface area contributed by atoms with E-state index in [9.17, 15) is 0 Å². The second-order valence-corrected chi connectivity index (χ2v) is 4.18. The Hall–Kier alpha value is -0.930. The molecule has 1 saturated heterocycles. The van der Waals surface area contributed by atoms with Gasteiger partial charge in [-0.2, -0.15) is 0 Å². The van der Waals surface area contributed by atoms with Gasteiger partial charge in [0.15, 0.2) is 0 Å². The molecule has 15 heavy (non-hydrogen) atoms. The van der Waals surface area contributed by atoms with E-state index in [4.69, 9.17) is 0 Å². The lowest BCUT2D eigenvalue weighted by molar-refractivity contribution is 0.209. The Kier molecular flexibility index (Phi) is 3.69. The van der Waals surface area contributed by atoms with E-state index in [2.05, 4.69) is 34.3 Å². The van der Waals surface area contributed by atoms with E-state index < -0.39 is 0 Å². The lowest BCUT2D eigenvalue weighted by atomic mass is 10.2. The highest BCUT2D eigenvalue weighted by Crippen LogP contribution is 2.09. The van der Waals surface area contributed by atoms with E-state index >= 15 is 0 Å². The van der Waals surface area contributed by atoms with Gasteiger partial charge >= 0.3 is 0 Å². The van der Waals surface area contributed by atoms with E-state index in [1.165, 1.54) is 12.1 Å². The largest absolute Gasteiger partial charge is 0.315 e. The van der Waals surface area contributed by atoms with Crippen LogP contribution >= 0.6 is 0 Å². The van der Waals surface area contributed by atoms with Gasteiger partial charge in [-0.3, -0.25) is 9.88 Å². The lowest BCUT2D eigenvalue weighted by Crippen LogP contribution is -2.33. The Labute approximate surface area is 91.5 Å². The maximum Gasteiger partial charge on any atom is 0.0544 e. The molecule has 0 saturated carbocycles. The van der Waals surface area contributed by atoms with E-state index in [1.54, 1.807) is 0 Å². The smallest absolute Gasteiger partial charge is 0.0544 e. The van der Waals surface area contributed by atoms with Crippen molar-refractivity contribution < 1.29 is 0 Å². The van der Waals surface area contributed by atoms with Crippen LogP contribution in [0, 0.1) is 0 Å². The lowest BCUT2D eigenvalue weighted by Gasteiger charge is -2.25. The fourth-order valence-electron chi connectivity index (χ4n) is 2.00. The van der Waals surface area contributed by atoms with Crippen LogP contribution in [0.1, 0.15) is 19.0 Å². The van der Waals surface area contributed by atoms with Crippen molar-refractivity contribution in [2.75, 3.05) is 19.6 Å². The molecule has 0 spiro atoms. The Bertz CT molecular complexity index is 286. The van der Waals surface area contributed by atoms with E-state index in [0.717, 1.165) is 26.2 Å². The van der Waals surface area contributed by atoms with Gasteiger partial charge in [-0.05, 0) is 32.0 Å². The fourth-order valence-corrected chi connectivity index (χ4v) is 2.00. The van der Waals surface area contributed by atoms with E-state index in [1.807, 2.05) is 12.3 Å². The minimum absolute atomic E-state index is 0.655. The summed E-state index contributed by atoms with van der Waals surface area (Å²) in [5.74, 6) is 0. The molecule has 1 atom stereocenters. The van der Waals surface area contributed by atoms with Gasteiger partial charge in [0.05, 0.1) is 5.69 Å². The third-order valence-corrected chi connectivity index (χ3v) is 3.03. The second-order valence-electron chi connectivity index (χ2n) is 4.18. The van der Waals surface area contributed by atoms with Crippen molar-refractivity contribution in [1.29, 1.82) is 0 Å². The van der Waals surface area contributed by atoms with Gasteiger partial charge in [0.2, 0.25) is 0 Å². The Balaban J connectivity index is 1.97. The first-order valence-electron chi connectivity index (χ1n) is 5.71. The van der Waals surface area contributed by atoms with E-state index in [0.29, 0.717) is 6.04 Å². The van der Waals surface area contributed by atoms with Crippen LogP contribution in [0.15, 0.2) is 24.4 Å². The number of pyridine rings is 1. The summed E-state index contributed by atoms with van der Waals surface area (Å²) in [4.78, 5) is 6.88. The zero-order valence-corrected chi connectivity index (χ0v) is 9.32. The fraction of sp³-hybridized carbons (Fsp3) is 0.583. The predicted octanol–water partition coefficient (Wildman–Crippen LogP) is 1.27. The molecule has 2 rings (SSSR count). The SMILES string of the molecule is CC1CCNCCN1Cc1ccccn1. The average Bonchev–Trinajstić information content (AvgIpc) is 2.46. The van der Waals surface area contributed by atoms with Crippen LogP contribution in [0.25, 0.3) is 0 Å². The zero-order chi connectivity index (χ0) is 10.5. The van der Waals surface area contributed by atoms with Gasteiger partial charge < -0.3 is 5.32 Å². The van der Waals surface area contributed by atoms with Crippen LogP contribution in [0.4, 0.5) is 0 Å². The molecule has 0 amide bonds. The molecule has 0 aliphatic carbocycles. The molecule has 0 bridgehead atoms. The quantitative estimate of drug-likeness (QED) is 0.788. The van der Waals surface area contributed by atoms with Gasteiger partial charge in [-0.1, -0.05) is 6.07 Å². The summed E-state index contributed by atoms with van der Waals surface area (Å²) in [6, 6.07) is 6.78. The molecule has 1 unspecified atom stereocenters. The van der Waals surface area contributed by atoms with Gasteiger partial charge in [-0.25, -0.2) is 0 Å². The van der Waals surface area contributed by atoms with Crippen molar-refractivity contribution in [2.45, 2.75) is 25.9 Å². The molecule has 1 aromatic rings. The van der Waals surface area contributed by atoms with Gasteiger partial charge in [0, 0.05) is 31.9 Å². The molecule has 0 radical (unpaired) electrons. The summed E-state index contributed by atoms with van der Waals surface area (Å²) in [7, 11) is 0. The number of hydrogen-bond acceptors (Lipinski definition) is 3. The summed E-state index contributed by atoms with van der Waals surface area (Å²) < 4.78 is 0. The van der Waals surface area contributed by atoms with Crippen LogP contribution in [0.3, 0.4) is 0 Å². The first-order valence-corrected chi connectivity index (χ1v) is 5.71. The second kappa shape index (κ2) is 5.24. The Morgan fingerprint density at radius 2 is 2.40 bits per heavy atom. The maximum absolute atomic E-state index is 4.38. The molecule has 1 aliphatic rings. The predicted molar refractivity (Wildman–Crippen MR) is 61.6 cm³/mol. The number of hydrogen-bond donors (Lipinski definition) is 1. The molecule has 82 valence electrons. The Morgan fingerprint density at radius 1 is 1.47 bits per heavy atom. The molecule has 3 nitrogen and oxygen atoms in total. The van der Waals surface area contributed by atoms with Crippen LogP contribution in [0.5, 0.6) is 0 Å².